The Morgan fingerprint density at radius 1 is 1.46 bits per heavy atom. The van der Waals surface area contributed by atoms with Crippen LogP contribution in [0.2, 0.25) is 0 Å². The van der Waals surface area contributed by atoms with E-state index in [2.05, 4.69) is 23.5 Å². The van der Waals surface area contributed by atoms with Gasteiger partial charge in [0.15, 0.2) is 0 Å². The fourth-order valence-electron chi connectivity index (χ4n) is 1.36. The molecule has 3 nitrogen and oxygen atoms in total. The summed E-state index contributed by atoms with van der Waals surface area (Å²) in [5, 5.41) is 0. The van der Waals surface area contributed by atoms with E-state index in [0.29, 0.717) is 0 Å². The van der Waals surface area contributed by atoms with Crippen LogP contribution in [-0.4, -0.2) is 37.6 Å². The first kappa shape index (κ1) is 12.4. The molecule has 0 aromatic rings. The minimum Gasteiger partial charge on any atom is -0.469 e. The molecule has 13 heavy (non-hydrogen) atoms. The van der Waals surface area contributed by atoms with E-state index in [0.717, 1.165) is 26.1 Å². The normalized spacial score (nSPS) is 13.0. The first-order valence-electron chi connectivity index (χ1n) is 4.95. The summed E-state index contributed by atoms with van der Waals surface area (Å²) < 4.78 is 4.67. The van der Waals surface area contributed by atoms with Gasteiger partial charge in [0.2, 0.25) is 0 Å². The molecule has 3 heteroatoms. The molecule has 0 spiro atoms. The lowest BCUT2D eigenvalue weighted by Crippen LogP contribution is -2.32. The summed E-state index contributed by atoms with van der Waals surface area (Å²) in [5.41, 5.74) is 0. The molecule has 0 aliphatic rings. The van der Waals surface area contributed by atoms with Crippen molar-refractivity contribution in [2.45, 2.75) is 27.2 Å². The van der Waals surface area contributed by atoms with E-state index in [1.54, 1.807) is 0 Å². The second-order valence-electron chi connectivity index (χ2n) is 3.32. The van der Waals surface area contributed by atoms with Crippen LogP contribution in [0.4, 0.5) is 0 Å². The zero-order chi connectivity index (χ0) is 10.3. The van der Waals surface area contributed by atoms with Crippen LogP contribution in [0.5, 0.6) is 0 Å². The molecule has 0 N–H and O–H groups in total. The zero-order valence-corrected chi connectivity index (χ0v) is 9.17. The number of rotatable bonds is 6. The number of hydrogen-bond donors (Lipinski definition) is 0. The molecular weight excluding hydrogens is 166 g/mol. The lowest BCUT2D eigenvalue weighted by molar-refractivity contribution is -0.145. The lowest BCUT2D eigenvalue weighted by atomic mass is 10.1. The van der Waals surface area contributed by atoms with Crippen molar-refractivity contribution >= 4 is 5.97 Å². The smallest absolute Gasteiger partial charge is 0.309 e. The molecular formula is C10H21NO2. The number of methoxy groups -OCH3 is 1. The minimum atomic E-state index is -0.116. The Hall–Kier alpha value is -0.570. The standard InChI is InChI=1S/C10H21NO2/c1-5-7-11(6-2)8-9(3)10(12)13-4/h9H,5-8H2,1-4H3. The predicted molar refractivity (Wildman–Crippen MR) is 53.6 cm³/mol. The number of carbonyl (C=O) groups is 1. The average Bonchev–Trinajstić information content (AvgIpc) is 2.15. The Morgan fingerprint density at radius 2 is 2.08 bits per heavy atom. The molecule has 0 heterocycles. The van der Waals surface area contributed by atoms with Crippen molar-refractivity contribution < 1.29 is 9.53 Å². The highest BCUT2D eigenvalue weighted by atomic mass is 16.5. The second-order valence-corrected chi connectivity index (χ2v) is 3.32. The Morgan fingerprint density at radius 3 is 2.46 bits per heavy atom. The molecule has 0 rings (SSSR count). The van der Waals surface area contributed by atoms with E-state index in [1.807, 2.05) is 6.92 Å². The highest BCUT2D eigenvalue weighted by molar-refractivity contribution is 5.72. The van der Waals surface area contributed by atoms with Gasteiger partial charge in [-0.2, -0.15) is 0 Å². The Bertz CT molecular complexity index is 148. The Labute approximate surface area is 81.1 Å². The quantitative estimate of drug-likeness (QED) is 0.591. The SMILES string of the molecule is CCCN(CC)CC(C)C(=O)OC. The number of nitrogens with zero attached hydrogens (tertiary/aromatic N) is 1. The molecule has 0 saturated carbocycles. The third-order valence-electron chi connectivity index (χ3n) is 2.12. The van der Waals surface area contributed by atoms with Gasteiger partial charge in [-0.1, -0.05) is 20.8 Å². The van der Waals surface area contributed by atoms with E-state index < -0.39 is 0 Å². The minimum absolute atomic E-state index is 0.0171. The Balaban J connectivity index is 3.85. The summed E-state index contributed by atoms with van der Waals surface area (Å²) in [6.07, 6.45) is 1.13. The summed E-state index contributed by atoms with van der Waals surface area (Å²) >= 11 is 0. The van der Waals surface area contributed by atoms with Gasteiger partial charge in [0.25, 0.3) is 0 Å². The summed E-state index contributed by atoms with van der Waals surface area (Å²) in [6.45, 7) is 9.01. The molecule has 0 fully saturated rings. The van der Waals surface area contributed by atoms with Crippen molar-refractivity contribution in [2.24, 2.45) is 5.92 Å². The van der Waals surface area contributed by atoms with Crippen LogP contribution >= 0.6 is 0 Å². The van der Waals surface area contributed by atoms with Crippen molar-refractivity contribution in [3.8, 4) is 0 Å². The molecule has 0 radical (unpaired) electrons. The van der Waals surface area contributed by atoms with Crippen LogP contribution in [0.1, 0.15) is 27.2 Å². The predicted octanol–water partition coefficient (Wildman–Crippen LogP) is 1.53. The summed E-state index contributed by atoms with van der Waals surface area (Å²) in [7, 11) is 1.44. The topological polar surface area (TPSA) is 29.5 Å². The molecule has 1 unspecified atom stereocenters. The maximum Gasteiger partial charge on any atom is 0.309 e. The van der Waals surface area contributed by atoms with Crippen LogP contribution in [0.3, 0.4) is 0 Å². The summed E-state index contributed by atoms with van der Waals surface area (Å²) in [5.74, 6) is -0.133. The highest BCUT2D eigenvalue weighted by Crippen LogP contribution is 2.02. The molecule has 0 bridgehead atoms. The largest absolute Gasteiger partial charge is 0.469 e. The maximum atomic E-state index is 11.1. The maximum absolute atomic E-state index is 11.1. The molecule has 78 valence electrons. The monoisotopic (exact) mass is 187 g/mol. The van der Waals surface area contributed by atoms with Crippen molar-refractivity contribution in [3.63, 3.8) is 0 Å². The first-order valence-corrected chi connectivity index (χ1v) is 4.95. The van der Waals surface area contributed by atoms with Gasteiger partial charge in [-0.3, -0.25) is 4.79 Å². The third-order valence-corrected chi connectivity index (χ3v) is 2.12. The third kappa shape index (κ3) is 4.88. The van der Waals surface area contributed by atoms with Gasteiger partial charge < -0.3 is 9.64 Å². The molecule has 0 aromatic carbocycles. The van der Waals surface area contributed by atoms with Gasteiger partial charge in [-0.25, -0.2) is 0 Å². The van der Waals surface area contributed by atoms with Crippen molar-refractivity contribution in [1.82, 2.24) is 4.90 Å². The van der Waals surface area contributed by atoms with Crippen LogP contribution in [0, 0.1) is 5.92 Å². The first-order chi connectivity index (χ1) is 6.15. The number of carbonyl (C=O) groups excluding carboxylic acids is 1. The number of esters is 1. The zero-order valence-electron chi connectivity index (χ0n) is 9.17. The molecule has 0 aromatic heterocycles. The van der Waals surface area contributed by atoms with Crippen LogP contribution in [0.15, 0.2) is 0 Å². The van der Waals surface area contributed by atoms with Gasteiger partial charge in [0.05, 0.1) is 13.0 Å². The highest BCUT2D eigenvalue weighted by Gasteiger charge is 2.15. The van der Waals surface area contributed by atoms with Gasteiger partial charge in [0.1, 0.15) is 0 Å². The van der Waals surface area contributed by atoms with Gasteiger partial charge in [0, 0.05) is 6.54 Å². The number of hydrogen-bond acceptors (Lipinski definition) is 3. The molecule has 0 aliphatic heterocycles. The van der Waals surface area contributed by atoms with E-state index >= 15 is 0 Å². The molecule has 1 atom stereocenters. The average molecular weight is 187 g/mol. The van der Waals surface area contributed by atoms with Gasteiger partial charge in [-0.05, 0) is 19.5 Å². The van der Waals surface area contributed by atoms with E-state index in [9.17, 15) is 4.79 Å². The molecule has 0 saturated heterocycles. The van der Waals surface area contributed by atoms with Crippen LogP contribution in [-0.2, 0) is 9.53 Å². The van der Waals surface area contributed by atoms with Crippen molar-refractivity contribution in [3.05, 3.63) is 0 Å². The molecule has 0 amide bonds. The fraction of sp³-hybridized carbons (Fsp3) is 0.900. The van der Waals surface area contributed by atoms with Crippen molar-refractivity contribution in [2.75, 3.05) is 26.7 Å². The summed E-state index contributed by atoms with van der Waals surface area (Å²) in [6, 6.07) is 0. The summed E-state index contributed by atoms with van der Waals surface area (Å²) in [4.78, 5) is 13.4. The second kappa shape index (κ2) is 6.89. The Kier molecular flexibility index (Phi) is 6.59. The van der Waals surface area contributed by atoms with E-state index in [-0.39, 0.29) is 11.9 Å². The lowest BCUT2D eigenvalue weighted by Gasteiger charge is -2.22. The van der Waals surface area contributed by atoms with Crippen LogP contribution in [0.25, 0.3) is 0 Å². The van der Waals surface area contributed by atoms with Gasteiger partial charge in [-0.15, -0.1) is 0 Å². The van der Waals surface area contributed by atoms with E-state index in [1.165, 1.54) is 7.11 Å². The fourth-order valence-corrected chi connectivity index (χ4v) is 1.36. The van der Waals surface area contributed by atoms with Gasteiger partial charge >= 0.3 is 5.97 Å². The van der Waals surface area contributed by atoms with Crippen molar-refractivity contribution in [1.29, 1.82) is 0 Å². The van der Waals surface area contributed by atoms with E-state index in [4.69, 9.17) is 0 Å². The molecule has 0 aliphatic carbocycles. The van der Waals surface area contributed by atoms with Crippen LogP contribution < -0.4 is 0 Å². The number of ether oxygens (including phenoxy) is 1.